The van der Waals surface area contributed by atoms with Crippen LogP contribution in [-0.2, 0) is 0 Å². The van der Waals surface area contributed by atoms with E-state index in [0.717, 1.165) is 18.8 Å². The average Bonchev–Trinajstić information content (AvgIpc) is 1.89. The Morgan fingerprint density at radius 3 is 2.78 bits per heavy atom. The van der Waals surface area contributed by atoms with E-state index in [1.54, 1.807) is 0 Å². The van der Waals surface area contributed by atoms with Crippen molar-refractivity contribution in [3.8, 4) is 0 Å². The third-order valence-electron chi connectivity index (χ3n) is 1.64. The SMILES string of the molecule is CNN1CCCCC1=N. The topological polar surface area (TPSA) is 39.1 Å². The van der Waals surface area contributed by atoms with Crippen molar-refractivity contribution in [2.45, 2.75) is 19.3 Å². The molecule has 0 saturated carbocycles. The van der Waals surface area contributed by atoms with Crippen LogP contribution in [0.4, 0.5) is 0 Å². The number of nitrogens with one attached hydrogen (secondary N) is 2. The van der Waals surface area contributed by atoms with Gasteiger partial charge in [-0.3, -0.25) is 10.4 Å². The lowest BCUT2D eigenvalue weighted by molar-refractivity contribution is 0.300. The Morgan fingerprint density at radius 2 is 2.33 bits per heavy atom. The highest BCUT2D eigenvalue weighted by Crippen LogP contribution is 2.07. The van der Waals surface area contributed by atoms with Crippen molar-refractivity contribution in [2.24, 2.45) is 0 Å². The van der Waals surface area contributed by atoms with Crippen LogP contribution in [0.5, 0.6) is 0 Å². The Labute approximate surface area is 55.5 Å². The molecule has 0 aromatic heterocycles. The zero-order valence-corrected chi connectivity index (χ0v) is 5.78. The van der Waals surface area contributed by atoms with E-state index in [1.165, 1.54) is 12.8 Å². The number of nitrogens with zero attached hydrogens (tertiary/aromatic N) is 1. The van der Waals surface area contributed by atoms with Crippen molar-refractivity contribution in [3.63, 3.8) is 0 Å². The maximum atomic E-state index is 7.41. The van der Waals surface area contributed by atoms with Gasteiger partial charge in [0.15, 0.2) is 0 Å². The number of hydrazine groups is 1. The summed E-state index contributed by atoms with van der Waals surface area (Å²) in [5.41, 5.74) is 2.96. The van der Waals surface area contributed by atoms with Crippen molar-refractivity contribution in [1.29, 1.82) is 5.41 Å². The number of rotatable bonds is 1. The molecule has 0 aromatic carbocycles. The number of hydrogen-bond donors (Lipinski definition) is 2. The van der Waals surface area contributed by atoms with Gasteiger partial charge in [-0.2, -0.15) is 0 Å². The third-order valence-corrected chi connectivity index (χ3v) is 1.64. The molecule has 0 bridgehead atoms. The van der Waals surface area contributed by atoms with E-state index >= 15 is 0 Å². The Hall–Kier alpha value is -0.570. The summed E-state index contributed by atoms with van der Waals surface area (Å²) in [5.74, 6) is 0.726. The molecule has 3 nitrogen and oxygen atoms in total. The molecule has 0 amide bonds. The molecule has 1 saturated heterocycles. The molecule has 0 unspecified atom stereocenters. The Bertz CT molecular complexity index is 111. The fourth-order valence-corrected chi connectivity index (χ4v) is 1.08. The fraction of sp³-hybridized carbons (Fsp3) is 0.833. The maximum absolute atomic E-state index is 7.41. The molecule has 2 N–H and O–H groups in total. The Balaban J connectivity index is 2.39. The van der Waals surface area contributed by atoms with E-state index in [0.29, 0.717) is 0 Å². The van der Waals surface area contributed by atoms with E-state index < -0.39 is 0 Å². The standard InChI is InChI=1S/C6H13N3/c1-8-9-5-3-2-4-6(9)7/h7-8H,2-5H2,1H3. The molecule has 1 fully saturated rings. The molecule has 0 aliphatic carbocycles. The number of hydrogen-bond acceptors (Lipinski definition) is 2. The van der Waals surface area contributed by atoms with Crippen molar-refractivity contribution >= 4 is 5.84 Å². The first-order chi connectivity index (χ1) is 4.34. The molecular weight excluding hydrogens is 114 g/mol. The van der Waals surface area contributed by atoms with E-state index in [4.69, 9.17) is 5.41 Å². The van der Waals surface area contributed by atoms with Gasteiger partial charge in [0, 0.05) is 20.0 Å². The summed E-state index contributed by atoms with van der Waals surface area (Å²) < 4.78 is 0. The molecule has 0 radical (unpaired) electrons. The highest BCUT2D eigenvalue weighted by Gasteiger charge is 2.11. The highest BCUT2D eigenvalue weighted by atomic mass is 15.5. The van der Waals surface area contributed by atoms with Gasteiger partial charge in [-0.25, -0.2) is 5.43 Å². The van der Waals surface area contributed by atoms with E-state index in [-0.39, 0.29) is 0 Å². The van der Waals surface area contributed by atoms with Crippen LogP contribution >= 0.6 is 0 Å². The molecule has 3 heteroatoms. The first kappa shape index (κ1) is 6.55. The van der Waals surface area contributed by atoms with Crippen LogP contribution in [0.25, 0.3) is 0 Å². The van der Waals surface area contributed by atoms with E-state index in [1.807, 2.05) is 12.1 Å². The molecule has 1 heterocycles. The van der Waals surface area contributed by atoms with Crippen molar-refractivity contribution in [2.75, 3.05) is 13.6 Å². The molecule has 0 atom stereocenters. The predicted molar refractivity (Wildman–Crippen MR) is 37.3 cm³/mol. The minimum Gasteiger partial charge on any atom is -0.296 e. The zero-order valence-electron chi connectivity index (χ0n) is 5.78. The van der Waals surface area contributed by atoms with Crippen LogP contribution in [0.1, 0.15) is 19.3 Å². The normalized spacial score (nSPS) is 20.6. The third kappa shape index (κ3) is 1.42. The predicted octanol–water partition coefficient (Wildman–Crippen LogP) is 0.584. The average molecular weight is 127 g/mol. The summed E-state index contributed by atoms with van der Waals surface area (Å²) in [6.07, 6.45) is 3.32. The summed E-state index contributed by atoms with van der Waals surface area (Å²) in [6.45, 7) is 0.995. The molecule has 1 aliphatic heterocycles. The molecule has 52 valence electrons. The van der Waals surface area contributed by atoms with Gasteiger partial charge in [0.2, 0.25) is 0 Å². The second kappa shape index (κ2) is 2.82. The number of amidine groups is 1. The Kier molecular flexibility index (Phi) is 2.05. The maximum Gasteiger partial charge on any atom is 0.110 e. The van der Waals surface area contributed by atoms with Crippen molar-refractivity contribution in [1.82, 2.24) is 10.4 Å². The van der Waals surface area contributed by atoms with E-state index in [9.17, 15) is 0 Å². The van der Waals surface area contributed by atoms with Gasteiger partial charge >= 0.3 is 0 Å². The lowest BCUT2D eigenvalue weighted by Gasteiger charge is -2.27. The van der Waals surface area contributed by atoms with Crippen molar-refractivity contribution in [3.05, 3.63) is 0 Å². The van der Waals surface area contributed by atoms with Gasteiger partial charge in [-0.1, -0.05) is 0 Å². The van der Waals surface area contributed by atoms with Crippen LogP contribution in [0.15, 0.2) is 0 Å². The molecule has 0 spiro atoms. The first-order valence-electron chi connectivity index (χ1n) is 3.37. The van der Waals surface area contributed by atoms with Crippen LogP contribution < -0.4 is 5.43 Å². The Morgan fingerprint density at radius 1 is 1.56 bits per heavy atom. The first-order valence-corrected chi connectivity index (χ1v) is 3.37. The van der Waals surface area contributed by atoms with Gasteiger partial charge in [0.25, 0.3) is 0 Å². The van der Waals surface area contributed by atoms with E-state index in [2.05, 4.69) is 5.43 Å². The minimum absolute atomic E-state index is 0.726. The van der Waals surface area contributed by atoms with Gasteiger partial charge in [0.1, 0.15) is 5.84 Å². The smallest absolute Gasteiger partial charge is 0.110 e. The highest BCUT2D eigenvalue weighted by molar-refractivity contribution is 5.79. The molecule has 9 heavy (non-hydrogen) atoms. The van der Waals surface area contributed by atoms with Crippen LogP contribution in [0.2, 0.25) is 0 Å². The fourth-order valence-electron chi connectivity index (χ4n) is 1.08. The van der Waals surface area contributed by atoms with Crippen LogP contribution in [0.3, 0.4) is 0 Å². The largest absolute Gasteiger partial charge is 0.296 e. The summed E-state index contributed by atoms with van der Waals surface area (Å²) in [6, 6.07) is 0. The molecular formula is C6H13N3. The minimum atomic E-state index is 0.726. The lowest BCUT2D eigenvalue weighted by Crippen LogP contribution is -2.43. The quantitative estimate of drug-likeness (QED) is 0.541. The lowest BCUT2D eigenvalue weighted by atomic mass is 10.1. The van der Waals surface area contributed by atoms with Gasteiger partial charge in [0.05, 0.1) is 0 Å². The van der Waals surface area contributed by atoms with Gasteiger partial charge in [-0.05, 0) is 12.8 Å². The van der Waals surface area contributed by atoms with Gasteiger partial charge in [-0.15, -0.1) is 0 Å². The van der Waals surface area contributed by atoms with Crippen LogP contribution in [-0.4, -0.2) is 24.4 Å². The molecule has 0 aromatic rings. The van der Waals surface area contributed by atoms with Crippen molar-refractivity contribution < 1.29 is 0 Å². The molecule has 1 aliphatic rings. The summed E-state index contributed by atoms with van der Waals surface area (Å²) in [5, 5.41) is 9.30. The number of piperidine rings is 1. The zero-order chi connectivity index (χ0) is 6.69. The molecule has 1 rings (SSSR count). The summed E-state index contributed by atoms with van der Waals surface area (Å²) in [4.78, 5) is 0. The monoisotopic (exact) mass is 127 g/mol. The summed E-state index contributed by atoms with van der Waals surface area (Å²) in [7, 11) is 1.86. The van der Waals surface area contributed by atoms with Crippen LogP contribution in [0, 0.1) is 5.41 Å². The van der Waals surface area contributed by atoms with Gasteiger partial charge < -0.3 is 0 Å². The second-order valence-electron chi connectivity index (χ2n) is 2.28. The second-order valence-corrected chi connectivity index (χ2v) is 2.28. The summed E-state index contributed by atoms with van der Waals surface area (Å²) >= 11 is 0.